The first-order valence-corrected chi connectivity index (χ1v) is 3.03. The van der Waals surface area contributed by atoms with Crippen LogP contribution in [0.4, 0.5) is 0 Å². The fraction of sp³-hybridized carbons (Fsp3) is 0.125. The Kier molecular flexibility index (Phi) is 6.09. The van der Waals surface area contributed by atoms with Gasteiger partial charge in [0.15, 0.2) is 0 Å². The van der Waals surface area contributed by atoms with Crippen LogP contribution in [0.1, 0.15) is 5.56 Å². The molecule has 0 saturated carbocycles. The van der Waals surface area contributed by atoms with Gasteiger partial charge in [-0.15, -0.1) is 0 Å². The third kappa shape index (κ3) is 4.71. The molecule has 0 fully saturated rings. The van der Waals surface area contributed by atoms with Crippen molar-refractivity contribution >= 4 is 5.97 Å². The first-order valence-electron chi connectivity index (χ1n) is 3.03. The summed E-state index contributed by atoms with van der Waals surface area (Å²) in [7, 11) is 0. The normalized spacial score (nSPS) is 8.36. The van der Waals surface area contributed by atoms with Crippen molar-refractivity contribution in [2.75, 3.05) is 0 Å². The van der Waals surface area contributed by atoms with Crippen molar-refractivity contribution in [2.45, 2.75) is 6.42 Å². The van der Waals surface area contributed by atoms with Gasteiger partial charge in [0, 0.05) is 12.4 Å². The molecule has 0 unspecified atom stereocenters. The molecule has 0 bridgehead atoms. The summed E-state index contributed by atoms with van der Waals surface area (Å²) >= 11 is 0. The van der Waals surface area contributed by atoms with E-state index in [-0.39, 0.29) is 57.8 Å². The Morgan fingerprint density at radius 3 is 2.27 bits per heavy atom. The second-order valence-corrected chi connectivity index (χ2v) is 2.03. The van der Waals surface area contributed by atoms with Crippen molar-refractivity contribution in [1.29, 1.82) is 0 Å². The summed E-state index contributed by atoms with van der Waals surface area (Å²) in [5.74, 6) is -1.04. The minimum atomic E-state index is -1.04. The van der Waals surface area contributed by atoms with Crippen molar-refractivity contribution < 1.29 is 61.3 Å². The maximum atomic E-state index is 10.1. The van der Waals surface area contributed by atoms with Gasteiger partial charge in [-0.25, -0.2) is 0 Å². The van der Waals surface area contributed by atoms with Gasteiger partial charge in [-0.3, -0.25) is 0 Å². The Morgan fingerprint density at radius 2 is 1.82 bits per heavy atom. The van der Waals surface area contributed by atoms with Crippen molar-refractivity contribution in [1.82, 2.24) is 0 Å². The van der Waals surface area contributed by atoms with E-state index in [2.05, 4.69) is 0 Å². The Hall–Kier alpha value is 0.326. The molecule has 0 atom stereocenters. The molecule has 0 aliphatic carbocycles. The van der Waals surface area contributed by atoms with E-state index in [9.17, 15) is 9.90 Å². The van der Waals surface area contributed by atoms with Gasteiger partial charge in [-0.05, 0) is 5.56 Å². The van der Waals surface area contributed by atoms with Gasteiger partial charge in [-0.1, -0.05) is 30.3 Å². The van der Waals surface area contributed by atoms with E-state index in [4.69, 9.17) is 0 Å². The number of carboxylic acids is 1. The van der Waals surface area contributed by atoms with Crippen LogP contribution in [0, 0.1) is 0 Å². The number of hydrogen-bond donors (Lipinski definition) is 0. The first-order chi connectivity index (χ1) is 4.79. The molecular weight excluding hydrogens is 167 g/mol. The minimum absolute atomic E-state index is 0. The molecule has 52 valence electrons. The molecule has 0 aromatic heterocycles. The zero-order valence-electron chi connectivity index (χ0n) is 6.41. The quantitative estimate of drug-likeness (QED) is 0.448. The number of carbonyl (C=O) groups excluding carboxylic acids is 1. The molecule has 0 aliphatic rings. The van der Waals surface area contributed by atoms with Crippen molar-refractivity contribution in [2.24, 2.45) is 0 Å². The second kappa shape index (κ2) is 5.91. The molecule has 1 aromatic carbocycles. The zero-order chi connectivity index (χ0) is 7.40. The first kappa shape index (κ1) is 11.3. The third-order valence-electron chi connectivity index (χ3n) is 1.19. The fourth-order valence-corrected chi connectivity index (χ4v) is 0.763. The van der Waals surface area contributed by atoms with E-state index in [0.29, 0.717) is 0 Å². The van der Waals surface area contributed by atoms with Crippen molar-refractivity contribution in [3.8, 4) is 0 Å². The standard InChI is InChI=1S/C8H8O2.K/c9-8(10)6-7-4-2-1-3-5-7;/h1-5H,6H2,(H,9,10);/q;+1/p-1. The van der Waals surface area contributed by atoms with Crippen molar-refractivity contribution in [3.63, 3.8) is 0 Å². The smallest absolute Gasteiger partial charge is 0.550 e. The second-order valence-electron chi connectivity index (χ2n) is 2.03. The van der Waals surface area contributed by atoms with Crippen LogP contribution >= 0.6 is 0 Å². The molecule has 0 amide bonds. The average Bonchev–Trinajstić information content (AvgIpc) is 1.88. The van der Waals surface area contributed by atoms with Crippen molar-refractivity contribution in [3.05, 3.63) is 35.9 Å². The third-order valence-corrected chi connectivity index (χ3v) is 1.19. The molecule has 11 heavy (non-hydrogen) atoms. The van der Waals surface area contributed by atoms with E-state index in [0.717, 1.165) is 5.56 Å². The number of carbonyl (C=O) groups is 1. The van der Waals surface area contributed by atoms with Gasteiger partial charge in [0.1, 0.15) is 0 Å². The summed E-state index contributed by atoms with van der Waals surface area (Å²) in [5.41, 5.74) is 0.780. The summed E-state index contributed by atoms with van der Waals surface area (Å²) < 4.78 is 0. The van der Waals surface area contributed by atoms with Crippen LogP contribution in [0.3, 0.4) is 0 Å². The molecule has 0 spiro atoms. The largest absolute Gasteiger partial charge is 1.00 e. The van der Waals surface area contributed by atoms with E-state index < -0.39 is 5.97 Å². The molecule has 0 saturated heterocycles. The minimum Gasteiger partial charge on any atom is -0.550 e. The molecule has 1 aromatic rings. The molecule has 0 radical (unpaired) electrons. The average molecular weight is 174 g/mol. The van der Waals surface area contributed by atoms with Gasteiger partial charge < -0.3 is 9.90 Å². The van der Waals surface area contributed by atoms with Gasteiger partial charge in [0.05, 0.1) is 0 Å². The number of aliphatic carboxylic acids is 1. The van der Waals surface area contributed by atoms with Gasteiger partial charge in [0.2, 0.25) is 0 Å². The maximum Gasteiger partial charge on any atom is 1.00 e. The molecule has 3 heteroatoms. The molecular formula is C8H7KO2. The number of rotatable bonds is 2. The molecule has 1 rings (SSSR count). The predicted octanol–water partition coefficient (Wildman–Crippen LogP) is -3.02. The Labute approximate surface area is 108 Å². The van der Waals surface area contributed by atoms with E-state index in [1.807, 2.05) is 6.07 Å². The van der Waals surface area contributed by atoms with Crippen LogP contribution in [-0.4, -0.2) is 5.97 Å². The fourth-order valence-electron chi connectivity index (χ4n) is 0.763. The molecule has 0 heterocycles. The monoisotopic (exact) mass is 174 g/mol. The van der Waals surface area contributed by atoms with E-state index in [1.54, 1.807) is 24.3 Å². The summed E-state index contributed by atoms with van der Waals surface area (Å²) in [6.07, 6.45) is 0.000833. The SMILES string of the molecule is O=C([O-])Cc1ccccc1.[K+]. The maximum absolute atomic E-state index is 10.1. The van der Waals surface area contributed by atoms with Gasteiger partial charge in [-0.2, -0.15) is 0 Å². The summed E-state index contributed by atoms with van der Waals surface area (Å²) in [5, 5.41) is 10.1. The Morgan fingerprint density at radius 1 is 1.27 bits per heavy atom. The van der Waals surface area contributed by atoms with Crippen LogP contribution in [-0.2, 0) is 11.2 Å². The Balaban J connectivity index is 0.000001000. The number of benzene rings is 1. The van der Waals surface area contributed by atoms with Crippen LogP contribution < -0.4 is 56.5 Å². The van der Waals surface area contributed by atoms with Crippen LogP contribution in [0.5, 0.6) is 0 Å². The molecule has 0 N–H and O–H groups in total. The van der Waals surface area contributed by atoms with E-state index in [1.165, 1.54) is 0 Å². The van der Waals surface area contributed by atoms with Crippen LogP contribution in [0.2, 0.25) is 0 Å². The van der Waals surface area contributed by atoms with Gasteiger partial charge in [0.25, 0.3) is 0 Å². The summed E-state index contributed by atoms with van der Waals surface area (Å²) in [4.78, 5) is 10.1. The van der Waals surface area contributed by atoms with Gasteiger partial charge >= 0.3 is 51.4 Å². The Bertz CT molecular complexity index is 221. The van der Waals surface area contributed by atoms with Crippen LogP contribution in [0.15, 0.2) is 30.3 Å². The van der Waals surface area contributed by atoms with E-state index >= 15 is 0 Å². The topological polar surface area (TPSA) is 40.1 Å². The number of carboxylic acid groups (broad SMARTS) is 1. The summed E-state index contributed by atoms with van der Waals surface area (Å²) in [6, 6.07) is 8.97. The summed E-state index contributed by atoms with van der Waals surface area (Å²) in [6.45, 7) is 0. The number of hydrogen-bond acceptors (Lipinski definition) is 2. The molecule has 0 aliphatic heterocycles. The van der Waals surface area contributed by atoms with Crippen LogP contribution in [0.25, 0.3) is 0 Å². The molecule has 2 nitrogen and oxygen atoms in total. The zero-order valence-corrected chi connectivity index (χ0v) is 9.53. The predicted molar refractivity (Wildman–Crippen MR) is 35.2 cm³/mol.